The third kappa shape index (κ3) is 5.70. The van der Waals surface area contributed by atoms with Gasteiger partial charge in [0.1, 0.15) is 23.3 Å². The number of aromatic nitrogens is 2. The molecule has 0 spiro atoms. The van der Waals surface area contributed by atoms with Gasteiger partial charge >= 0.3 is 6.03 Å². The minimum Gasteiger partial charge on any atom is -0.383 e. The number of amides is 2. The van der Waals surface area contributed by atoms with Crippen molar-refractivity contribution in [3.63, 3.8) is 0 Å². The molecule has 2 amide bonds. The fraction of sp³-hybridized carbons (Fsp3) is 0.190. The molecular formula is C21H20F3N5O2. The molecule has 10 heteroatoms. The number of benzene rings is 2. The Bertz CT molecular complexity index is 1050. The molecule has 0 aliphatic carbocycles. The first-order valence-electron chi connectivity index (χ1n) is 9.27. The number of halogens is 3. The van der Waals surface area contributed by atoms with Crippen LogP contribution in [-0.4, -0.2) is 35.8 Å². The van der Waals surface area contributed by atoms with E-state index in [1.165, 1.54) is 36.5 Å². The van der Waals surface area contributed by atoms with Crippen LogP contribution in [0.3, 0.4) is 0 Å². The molecule has 7 nitrogen and oxygen atoms in total. The van der Waals surface area contributed by atoms with Crippen molar-refractivity contribution < 1.29 is 22.7 Å². The van der Waals surface area contributed by atoms with E-state index < -0.39 is 23.5 Å². The van der Waals surface area contributed by atoms with Crippen LogP contribution in [0.25, 0.3) is 0 Å². The molecule has 3 rings (SSSR count). The van der Waals surface area contributed by atoms with Gasteiger partial charge in [-0.1, -0.05) is 0 Å². The van der Waals surface area contributed by atoms with Crippen LogP contribution >= 0.6 is 0 Å². The molecule has 0 fully saturated rings. The number of hydrogen-bond donors (Lipinski definition) is 2. The molecule has 0 radical (unpaired) electrons. The maximum absolute atomic E-state index is 14.0. The first-order valence-corrected chi connectivity index (χ1v) is 9.27. The van der Waals surface area contributed by atoms with E-state index in [2.05, 4.69) is 20.6 Å². The van der Waals surface area contributed by atoms with Gasteiger partial charge in [-0.15, -0.1) is 0 Å². The van der Waals surface area contributed by atoms with E-state index in [9.17, 15) is 18.0 Å². The molecular weight excluding hydrogens is 411 g/mol. The highest BCUT2D eigenvalue weighted by molar-refractivity contribution is 6.06. The van der Waals surface area contributed by atoms with Gasteiger partial charge in [0.15, 0.2) is 0 Å². The van der Waals surface area contributed by atoms with Gasteiger partial charge in [-0.05, 0) is 43.3 Å². The van der Waals surface area contributed by atoms with E-state index in [0.29, 0.717) is 12.7 Å². The monoisotopic (exact) mass is 431 g/mol. The molecule has 0 saturated heterocycles. The average Bonchev–Trinajstić information content (AvgIpc) is 2.72. The molecule has 31 heavy (non-hydrogen) atoms. The van der Waals surface area contributed by atoms with Gasteiger partial charge in [0.25, 0.3) is 0 Å². The molecule has 0 aliphatic heterocycles. The summed E-state index contributed by atoms with van der Waals surface area (Å²) in [5, 5.41) is 5.42. The maximum Gasteiger partial charge on any atom is 0.332 e. The van der Waals surface area contributed by atoms with Crippen LogP contribution in [0.2, 0.25) is 0 Å². The minimum atomic E-state index is -0.939. The zero-order chi connectivity index (χ0) is 22.4. The highest BCUT2D eigenvalue weighted by Gasteiger charge is 2.22. The summed E-state index contributed by atoms with van der Waals surface area (Å²) in [4.78, 5) is 22.6. The Morgan fingerprint density at radius 3 is 2.48 bits per heavy atom. The van der Waals surface area contributed by atoms with Crippen LogP contribution in [0.15, 0.2) is 54.7 Å². The van der Waals surface area contributed by atoms with Gasteiger partial charge in [0.05, 0.1) is 18.0 Å². The minimum absolute atomic E-state index is 0.110. The van der Waals surface area contributed by atoms with Crippen molar-refractivity contribution in [2.45, 2.75) is 13.0 Å². The standard InChI is InChI=1S/C21H20F3N5O2/c1-13(12-31-2)26-20-25-10-9-19(28-20)29(16-6-3-14(22)4-7-16)21(30)27-18-8-5-15(23)11-17(18)24/h3-11,13H,12H2,1-2H3,(H,27,30)(H,25,26,28)/t13-/m0/s1. The highest BCUT2D eigenvalue weighted by Crippen LogP contribution is 2.26. The largest absolute Gasteiger partial charge is 0.383 e. The van der Waals surface area contributed by atoms with E-state index in [0.717, 1.165) is 17.0 Å². The number of carbonyl (C=O) groups excluding carboxylic acids is 1. The smallest absolute Gasteiger partial charge is 0.332 e. The lowest BCUT2D eigenvalue weighted by molar-refractivity contribution is 0.190. The summed E-state index contributed by atoms with van der Waals surface area (Å²) < 4.78 is 45.7. The molecule has 2 N–H and O–H groups in total. The third-order valence-corrected chi connectivity index (χ3v) is 4.12. The number of hydrogen-bond acceptors (Lipinski definition) is 5. The van der Waals surface area contributed by atoms with E-state index in [-0.39, 0.29) is 29.2 Å². The molecule has 3 aromatic rings. The molecule has 162 valence electrons. The second-order valence-electron chi connectivity index (χ2n) is 6.61. The number of carbonyl (C=O) groups is 1. The quantitative estimate of drug-likeness (QED) is 0.566. The first kappa shape index (κ1) is 22.0. The number of anilines is 4. The van der Waals surface area contributed by atoms with Crippen LogP contribution in [0.4, 0.5) is 41.1 Å². The molecule has 0 bridgehead atoms. The van der Waals surface area contributed by atoms with Gasteiger partial charge in [-0.25, -0.2) is 27.8 Å². The Balaban J connectivity index is 1.95. The SMILES string of the molecule is COC[C@H](C)Nc1nccc(N(C(=O)Nc2ccc(F)cc2F)c2ccc(F)cc2)n1. The van der Waals surface area contributed by atoms with E-state index in [4.69, 9.17) is 4.74 Å². The number of ether oxygens (including phenoxy) is 1. The molecule has 1 heterocycles. The molecule has 0 saturated carbocycles. The lowest BCUT2D eigenvalue weighted by atomic mass is 10.2. The summed E-state index contributed by atoms with van der Waals surface area (Å²) in [5.74, 6) is -1.83. The predicted octanol–water partition coefficient (Wildman–Crippen LogP) is 4.71. The normalized spacial score (nSPS) is 11.6. The van der Waals surface area contributed by atoms with E-state index in [1.54, 1.807) is 7.11 Å². The molecule has 1 atom stereocenters. The topological polar surface area (TPSA) is 79.4 Å². The van der Waals surface area contributed by atoms with Crippen LogP contribution in [0.1, 0.15) is 6.92 Å². The van der Waals surface area contributed by atoms with Crippen molar-refractivity contribution in [1.82, 2.24) is 9.97 Å². The van der Waals surface area contributed by atoms with Crippen molar-refractivity contribution in [3.05, 3.63) is 72.2 Å². The second kappa shape index (κ2) is 9.90. The second-order valence-corrected chi connectivity index (χ2v) is 6.61. The lowest BCUT2D eigenvalue weighted by Gasteiger charge is -2.23. The summed E-state index contributed by atoms with van der Waals surface area (Å²) >= 11 is 0. The van der Waals surface area contributed by atoms with Gasteiger partial charge < -0.3 is 15.4 Å². The Morgan fingerprint density at radius 1 is 1.10 bits per heavy atom. The number of rotatable bonds is 7. The number of methoxy groups -OCH3 is 1. The van der Waals surface area contributed by atoms with Crippen molar-refractivity contribution in [1.29, 1.82) is 0 Å². The zero-order valence-corrected chi connectivity index (χ0v) is 16.8. The van der Waals surface area contributed by atoms with Crippen molar-refractivity contribution in [2.24, 2.45) is 0 Å². The van der Waals surface area contributed by atoms with Crippen molar-refractivity contribution in [3.8, 4) is 0 Å². The first-order chi connectivity index (χ1) is 14.9. The average molecular weight is 431 g/mol. The summed E-state index contributed by atoms with van der Waals surface area (Å²) in [6.07, 6.45) is 1.44. The van der Waals surface area contributed by atoms with Gasteiger partial charge in [0.2, 0.25) is 5.95 Å². The Hall–Kier alpha value is -3.66. The molecule has 2 aromatic carbocycles. The molecule has 0 unspecified atom stereocenters. The third-order valence-electron chi connectivity index (χ3n) is 4.12. The van der Waals surface area contributed by atoms with E-state index >= 15 is 0 Å². The van der Waals surface area contributed by atoms with Crippen molar-refractivity contribution >= 4 is 29.2 Å². The summed E-state index contributed by atoms with van der Waals surface area (Å²) in [7, 11) is 1.56. The number of urea groups is 1. The van der Waals surface area contributed by atoms with Crippen LogP contribution in [-0.2, 0) is 4.74 Å². The zero-order valence-electron chi connectivity index (χ0n) is 16.8. The Labute approximate surface area is 176 Å². The number of nitrogens with zero attached hydrogens (tertiary/aromatic N) is 3. The Morgan fingerprint density at radius 2 is 1.81 bits per heavy atom. The summed E-state index contributed by atoms with van der Waals surface area (Å²) in [6, 6.07) is 8.45. The van der Waals surface area contributed by atoms with Crippen LogP contribution in [0, 0.1) is 17.5 Å². The van der Waals surface area contributed by atoms with Crippen molar-refractivity contribution in [2.75, 3.05) is 29.3 Å². The fourth-order valence-electron chi connectivity index (χ4n) is 2.76. The van der Waals surface area contributed by atoms with Gasteiger partial charge in [0, 0.05) is 31.5 Å². The summed E-state index contributed by atoms with van der Waals surface area (Å²) in [6.45, 7) is 2.26. The Kier molecular flexibility index (Phi) is 7.03. The van der Waals surface area contributed by atoms with E-state index in [1.807, 2.05) is 6.92 Å². The predicted molar refractivity (Wildman–Crippen MR) is 111 cm³/mol. The maximum atomic E-state index is 14.0. The summed E-state index contributed by atoms with van der Waals surface area (Å²) in [5.41, 5.74) is 0.0515. The van der Waals surface area contributed by atoms with Gasteiger partial charge in [-0.3, -0.25) is 0 Å². The molecule has 1 aromatic heterocycles. The van der Waals surface area contributed by atoms with Crippen LogP contribution < -0.4 is 15.5 Å². The highest BCUT2D eigenvalue weighted by atomic mass is 19.1. The van der Waals surface area contributed by atoms with Crippen LogP contribution in [0.5, 0.6) is 0 Å². The lowest BCUT2D eigenvalue weighted by Crippen LogP contribution is -2.32. The number of nitrogens with one attached hydrogen (secondary N) is 2. The fourth-order valence-corrected chi connectivity index (χ4v) is 2.76. The molecule has 0 aliphatic rings. The van der Waals surface area contributed by atoms with Gasteiger partial charge in [-0.2, -0.15) is 4.98 Å².